The lowest BCUT2D eigenvalue weighted by Crippen LogP contribution is -2.43. The van der Waals surface area contributed by atoms with E-state index in [0.717, 1.165) is 33.6 Å². The maximum atomic E-state index is 13.2. The molecule has 3 aromatic rings. The number of benzene rings is 2. The second-order valence-electron chi connectivity index (χ2n) is 6.92. The van der Waals surface area contributed by atoms with Crippen LogP contribution >= 0.6 is 11.8 Å². The number of nitrogens with zero attached hydrogens (tertiary/aromatic N) is 2. The van der Waals surface area contributed by atoms with Crippen LogP contribution in [0.4, 0.5) is 4.39 Å². The van der Waals surface area contributed by atoms with E-state index in [1.807, 2.05) is 28.8 Å². The van der Waals surface area contributed by atoms with Gasteiger partial charge in [-0.1, -0.05) is 18.2 Å². The molecule has 1 aromatic heterocycles. The van der Waals surface area contributed by atoms with E-state index >= 15 is 0 Å². The van der Waals surface area contributed by atoms with Crippen molar-refractivity contribution in [1.82, 2.24) is 8.87 Å². The first-order valence-electron chi connectivity index (χ1n) is 8.97. The summed E-state index contributed by atoms with van der Waals surface area (Å²) in [4.78, 5) is 11.4. The highest BCUT2D eigenvalue weighted by Crippen LogP contribution is 2.38. The molecular formula is C20H19FN2O4S2. The van der Waals surface area contributed by atoms with Gasteiger partial charge < -0.3 is 9.67 Å². The van der Waals surface area contributed by atoms with E-state index in [2.05, 4.69) is 0 Å². The van der Waals surface area contributed by atoms with E-state index in [1.165, 1.54) is 35.2 Å². The number of aromatic nitrogens is 1. The van der Waals surface area contributed by atoms with Gasteiger partial charge in [-0.25, -0.2) is 12.8 Å². The van der Waals surface area contributed by atoms with E-state index in [9.17, 15) is 22.7 Å². The van der Waals surface area contributed by atoms with Gasteiger partial charge in [0, 0.05) is 35.8 Å². The molecular weight excluding hydrogens is 415 g/mol. The Labute approximate surface area is 172 Å². The standard InChI is InChI=1S/C20H19FN2O4S2/c1-22(29(26,27)15-8-6-13(21)7-9-15)14-11-23-18-5-3-2-4-16(18)17(10-19(24)25)20(23)28-12-14/h2-9,14H,10-12H2,1H3,(H,24,25). The van der Waals surface area contributed by atoms with Crippen molar-refractivity contribution in [2.75, 3.05) is 12.8 Å². The quantitative estimate of drug-likeness (QED) is 0.667. The number of hydrogen-bond donors (Lipinski definition) is 1. The van der Waals surface area contributed by atoms with Gasteiger partial charge >= 0.3 is 5.97 Å². The number of carboxylic acids is 1. The molecule has 2 heterocycles. The predicted octanol–water partition coefficient (Wildman–Crippen LogP) is 3.20. The molecule has 152 valence electrons. The molecule has 0 aliphatic carbocycles. The maximum Gasteiger partial charge on any atom is 0.307 e. The van der Waals surface area contributed by atoms with Crippen molar-refractivity contribution in [1.29, 1.82) is 0 Å². The molecule has 0 saturated heterocycles. The first-order chi connectivity index (χ1) is 13.8. The smallest absolute Gasteiger partial charge is 0.307 e. The number of sulfonamides is 1. The fourth-order valence-corrected chi connectivity index (χ4v) is 6.45. The van der Waals surface area contributed by atoms with E-state index in [-0.39, 0.29) is 17.4 Å². The highest BCUT2D eigenvalue weighted by atomic mass is 32.2. The summed E-state index contributed by atoms with van der Waals surface area (Å²) in [5.74, 6) is -0.892. The van der Waals surface area contributed by atoms with Crippen molar-refractivity contribution in [2.24, 2.45) is 0 Å². The Hall–Kier alpha value is -2.36. The van der Waals surface area contributed by atoms with Crippen LogP contribution < -0.4 is 0 Å². The van der Waals surface area contributed by atoms with Crippen molar-refractivity contribution >= 4 is 38.7 Å². The van der Waals surface area contributed by atoms with Crippen LogP contribution in [0.1, 0.15) is 5.56 Å². The number of halogens is 1. The molecule has 29 heavy (non-hydrogen) atoms. The van der Waals surface area contributed by atoms with Crippen LogP contribution in [-0.2, 0) is 27.8 Å². The van der Waals surface area contributed by atoms with Gasteiger partial charge in [0.1, 0.15) is 5.82 Å². The average Bonchev–Trinajstić information content (AvgIpc) is 3.00. The normalized spacial score (nSPS) is 16.9. The monoisotopic (exact) mass is 434 g/mol. The number of carbonyl (C=O) groups is 1. The zero-order valence-electron chi connectivity index (χ0n) is 15.6. The van der Waals surface area contributed by atoms with Crippen molar-refractivity contribution in [2.45, 2.75) is 28.9 Å². The van der Waals surface area contributed by atoms with Gasteiger partial charge in [0.15, 0.2) is 0 Å². The molecule has 1 aliphatic heterocycles. The molecule has 1 N–H and O–H groups in total. The van der Waals surface area contributed by atoms with E-state index in [0.29, 0.717) is 12.3 Å². The van der Waals surface area contributed by atoms with Crippen LogP contribution in [0, 0.1) is 5.82 Å². The lowest BCUT2D eigenvalue weighted by molar-refractivity contribution is -0.136. The molecule has 0 radical (unpaired) electrons. The van der Waals surface area contributed by atoms with Crippen LogP contribution in [-0.4, -0.2) is 47.2 Å². The molecule has 1 unspecified atom stereocenters. The minimum absolute atomic E-state index is 0.0427. The summed E-state index contributed by atoms with van der Waals surface area (Å²) in [7, 11) is -2.25. The third kappa shape index (κ3) is 3.54. The van der Waals surface area contributed by atoms with Crippen LogP contribution in [0.25, 0.3) is 10.9 Å². The molecule has 0 amide bonds. The summed E-state index contributed by atoms with van der Waals surface area (Å²) in [6, 6.07) is 12.0. The largest absolute Gasteiger partial charge is 0.481 e. The number of para-hydroxylation sites is 1. The lowest BCUT2D eigenvalue weighted by atomic mass is 10.1. The number of thioether (sulfide) groups is 1. The molecule has 0 spiro atoms. The van der Waals surface area contributed by atoms with Gasteiger partial charge in [-0.15, -0.1) is 11.8 Å². The molecule has 0 saturated carbocycles. The summed E-state index contributed by atoms with van der Waals surface area (Å²) in [5.41, 5.74) is 1.66. The maximum absolute atomic E-state index is 13.2. The van der Waals surface area contributed by atoms with Crippen molar-refractivity contribution < 1.29 is 22.7 Å². The molecule has 9 heteroatoms. The number of likely N-dealkylation sites (N-methyl/N-ethyl adjacent to an activating group) is 1. The Kier molecular flexibility index (Phi) is 5.14. The van der Waals surface area contributed by atoms with Crippen LogP contribution in [0.15, 0.2) is 58.5 Å². The summed E-state index contributed by atoms with van der Waals surface area (Å²) in [5, 5.41) is 11.1. The van der Waals surface area contributed by atoms with Crippen LogP contribution in [0.2, 0.25) is 0 Å². The topological polar surface area (TPSA) is 79.6 Å². The third-order valence-corrected chi connectivity index (χ3v) is 8.38. The highest BCUT2D eigenvalue weighted by Gasteiger charge is 2.33. The minimum atomic E-state index is -3.78. The predicted molar refractivity (Wildman–Crippen MR) is 109 cm³/mol. The van der Waals surface area contributed by atoms with Crippen molar-refractivity contribution in [3.63, 3.8) is 0 Å². The molecule has 2 aromatic carbocycles. The Morgan fingerprint density at radius 2 is 1.93 bits per heavy atom. The molecule has 0 fully saturated rings. The fourth-order valence-electron chi connectivity index (χ4n) is 3.65. The van der Waals surface area contributed by atoms with Gasteiger partial charge in [-0.3, -0.25) is 4.79 Å². The van der Waals surface area contributed by atoms with Gasteiger partial charge in [-0.2, -0.15) is 4.31 Å². The van der Waals surface area contributed by atoms with E-state index < -0.39 is 21.8 Å². The molecule has 1 atom stereocenters. The molecule has 6 nitrogen and oxygen atoms in total. The highest BCUT2D eigenvalue weighted by molar-refractivity contribution is 7.99. The summed E-state index contributed by atoms with van der Waals surface area (Å²) in [6.45, 7) is 0.416. The summed E-state index contributed by atoms with van der Waals surface area (Å²) < 4.78 is 42.5. The number of carboxylic acid groups (broad SMARTS) is 1. The van der Waals surface area contributed by atoms with Gasteiger partial charge in [0.25, 0.3) is 0 Å². The Morgan fingerprint density at radius 3 is 2.62 bits per heavy atom. The number of fused-ring (bicyclic) bond motifs is 3. The average molecular weight is 435 g/mol. The van der Waals surface area contributed by atoms with E-state index in [4.69, 9.17) is 0 Å². The Bertz CT molecular complexity index is 1190. The van der Waals surface area contributed by atoms with Crippen LogP contribution in [0.3, 0.4) is 0 Å². The molecule has 4 rings (SSSR count). The van der Waals surface area contributed by atoms with Crippen LogP contribution in [0.5, 0.6) is 0 Å². The summed E-state index contributed by atoms with van der Waals surface area (Å²) >= 11 is 1.47. The first kappa shape index (κ1) is 19.9. The zero-order valence-corrected chi connectivity index (χ0v) is 17.2. The zero-order chi connectivity index (χ0) is 20.8. The Balaban J connectivity index is 1.70. The van der Waals surface area contributed by atoms with Gasteiger partial charge in [0.05, 0.1) is 22.4 Å². The first-order valence-corrected chi connectivity index (χ1v) is 11.4. The fraction of sp³-hybridized carbons (Fsp3) is 0.250. The van der Waals surface area contributed by atoms with Crippen molar-refractivity contribution in [3.05, 3.63) is 59.9 Å². The molecule has 0 bridgehead atoms. The minimum Gasteiger partial charge on any atom is -0.481 e. The van der Waals surface area contributed by atoms with E-state index in [1.54, 1.807) is 0 Å². The lowest BCUT2D eigenvalue weighted by Gasteiger charge is -2.32. The number of rotatable bonds is 5. The van der Waals surface area contributed by atoms with Gasteiger partial charge in [0.2, 0.25) is 10.0 Å². The number of aliphatic carboxylic acids is 1. The summed E-state index contributed by atoms with van der Waals surface area (Å²) in [6.07, 6.45) is -0.0791. The van der Waals surface area contributed by atoms with Gasteiger partial charge in [-0.05, 0) is 30.3 Å². The third-order valence-electron chi connectivity index (χ3n) is 5.16. The molecule has 1 aliphatic rings. The SMILES string of the molecule is CN(C1CSc2c(CC(=O)O)c3ccccc3n2C1)S(=O)(=O)c1ccc(F)cc1. The second-order valence-corrected chi connectivity index (χ2v) is 9.93. The Morgan fingerprint density at radius 1 is 1.24 bits per heavy atom. The van der Waals surface area contributed by atoms with Crippen molar-refractivity contribution in [3.8, 4) is 0 Å². The second kappa shape index (κ2) is 7.47. The number of hydrogen-bond acceptors (Lipinski definition) is 4.